The highest BCUT2D eigenvalue weighted by atomic mass is 32.2. The van der Waals surface area contributed by atoms with Crippen LogP contribution in [0.1, 0.15) is 25.5 Å². The van der Waals surface area contributed by atoms with Crippen LogP contribution in [0.25, 0.3) is 0 Å². The topological polar surface area (TPSA) is 15.8 Å². The Morgan fingerprint density at radius 1 is 1.45 bits per heavy atom. The van der Waals surface area contributed by atoms with Crippen molar-refractivity contribution in [3.8, 4) is 0 Å². The molecule has 0 atom stereocenters. The number of nitrogens with one attached hydrogen (secondary N) is 1. The summed E-state index contributed by atoms with van der Waals surface area (Å²) in [5, 5.41) is 0. The minimum Gasteiger partial charge on any atom is -0.341 e. The Labute approximate surface area is 80.1 Å². The van der Waals surface area contributed by atoms with Crippen LogP contribution in [-0.2, 0) is 0 Å². The van der Waals surface area contributed by atoms with Gasteiger partial charge in [0.15, 0.2) is 3.95 Å². The molecule has 0 amide bonds. The molecule has 0 saturated carbocycles. The van der Waals surface area contributed by atoms with Gasteiger partial charge in [0.05, 0.1) is 3.82 Å². The van der Waals surface area contributed by atoms with Crippen molar-refractivity contribution < 1.29 is 0 Å². The molecule has 1 rings (SSSR count). The van der Waals surface area contributed by atoms with Crippen LogP contribution in [0.5, 0.6) is 0 Å². The SMILES string of the molecule is CC(C)c1cc(=S)sc(=S)[nH]1. The van der Waals surface area contributed by atoms with Crippen LogP contribution in [0.3, 0.4) is 0 Å². The molecule has 60 valence electrons. The summed E-state index contributed by atoms with van der Waals surface area (Å²) in [5.74, 6) is 0.465. The lowest BCUT2D eigenvalue weighted by Crippen LogP contribution is -1.90. The molecule has 0 fully saturated rings. The minimum absolute atomic E-state index is 0.465. The van der Waals surface area contributed by atoms with Gasteiger partial charge in [-0.2, -0.15) is 0 Å². The van der Waals surface area contributed by atoms with Crippen molar-refractivity contribution in [2.45, 2.75) is 19.8 Å². The summed E-state index contributed by atoms with van der Waals surface area (Å²) in [6.45, 7) is 4.22. The number of aromatic nitrogens is 1. The van der Waals surface area contributed by atoms with Gasteiger partial charge in [0.2, 0.25) is 0 Å². The fourth-order valence-electron chi connectivity index (χ4n) is 0.738. The molecule has 0 radical (unpaired) electrons. The van der Waals surface area contributed by atoms with E-state index in [0.29, 0.717) is 5.92 Å². The summed E-state index contributed by atoms with van der Waals surface area (Å²) in [6, 6.07) is 1.97. The third-order valence-electron chi connectivity index (χ3n) is 1.34. The van der Waals surface area contributed by atoms with E-state index >= 15 is 0 Å². The first-order chi connectivity index (χ1) is 5.09. The Morgan fingerprint density at radius 3 is 2.55 bits per heavy atom. The number of H-pyrrole nitrogens is 1. The molecule has 0 aliphatic rings. The van der Waals surface area contributed by atoms with Crippen molar-refractivity contribution in [3.63, 3.8) is 0 Å². The monoisotopic (exact) mass is 203 g/mol. The van der Waals surface area contributed by atoms with Gasteiger partial charge < -0.3 is 4.98 Å². The summed E-state index contributed by atoms with van der Waals surface area (Å²) in [7, 11) is 0. The van der Waals surface area contributed by atoms with E-state index in [-0.39, 0.29) is 0 Å². The van der Waals surface area contributed by atoms with Crippen LogP contribution in [0.4, 0.5) is 0 Å². The minimum atomic E-state index is 0.465. The van der Waals surface area contributed by atoms with Gasteiger partial charge >= 0.3 is 0 Å². The van der Waals surface area contributed by atoms with E-state index in [4.69, 9.17) is 24.4 Å². The Balaban J connectivity index is 3.30. The van der Waals surface area contributed by atoms with Crippen molar-refractivity contribution in [2.75, 3.05) is 0 Å². The van der Waals surface area contributed by atoms with Crippen LogP contribution >= 0.6 is 35.8 Å². The van der Waals surface area contributed by atoms with Gasteiger partial charge in [-0.1, -0.05) is 37.4 Å². The Kier molecular flexibility index (Phi) is 2.92. The summed E-state index contributed by atoms with van der Waals surface area (Å²) in [6.07, 6.45) is 0. The maximum absolute atomic E-state index is 5.04. The fraction of sp³-hybridized carbons (Fsp3) is 0.429. The van der Waals surface area contributed by atoms with Gasteiger partial charge in [0.1, 0.15) is 0 Å². The molecular formula is C7H9NS3. The molecule has 1 aromatic rings. The first-order valence-corrected chi connectivity index (χ1v) is 4.97. The van der Waals surface area contributed by atoms with E-state index in [1.165, 1.54) is 11.3 Å². The second-order valence-corrected chi connectivity index (χ2v) is 5.01. The molecule has 0 aliphatic carbocycles. The zero-order valence-electron chi connectivity index (χ0n) is 6.38. The summed E-state index contributed by atoms with van der Waals surface area (Å²) < 4.78 is 1.62. The molecule has 0 saturated heterocycles. The molecule has 0 spiro atoms. The zero-order chi connectivity index (χ0) is 8.43. The van der Waals surface area contributed by atoms with Crippen LogP contribution in [0.2, 0.25) is 0 Å². The molecule has 1 N–H and O–H groups in total. The normalized spacial score (nSPS) is 10.5. The van der Waals surface area contributed by atoms with Crippen molar-refractivity contribution in [3.05, 3.63) is 19.5 Å². The van der Waals surface area contributed by atoms with E-state index in [2.05, 4.69) is 18.8 Å². The van der Waals surface area contributed by atoms with Crippen molar-refractivity contribution in [1.82, 2.24) is 4.98 Å². The molecule has 1 nitrogen and oxygen atoms in total. The van der Waals surface area contributed by atoms with Gasteiger partial charge in [-0.05, 0) is 24.2 Å². The van der Waals surface area contributed by atoms with E-state index in [0.717, 1.165) is 13.5 Å². The van der Waals surface area contributed by atoms with Gasteiger partial charge in [0.25, 0.3) is 0 Å². The van der Waals surface area contributed by atoms with Gasteiger partial charge in [-0.15, -0.1) is 0 Å². The second kappa shape index (κ2) is 3.56. The molecule has 0 bridgehead atoms. The third kappa shape index (κ3) is 2.47. The van der Waals surface area contributed by atoms with Crippen molar-refractivity contribution in [2.24, 2.45) is 0 Å². The zero-order valence-corrected chi connectivity index (χ0v) is 8.83. The standard InChI is InChI=1S/C7H9NS3/c1-4(2)5-3-6(9)11-7(10)8-5/h3-4H,1-2H3,(H,8,10). The predicted octanol–water partition coefficient (Wildman–Crippen LogP) is 3.66. The third-order valence-corrected chi connectivity index (χ3v) is 2.66. The van der Waals surface area contributed by atoms with Gasteiger partial charge in [-0.25, -0.2) is 0 Å². The van der Waals surface area contributed by atoms with E-state index < -0.39 is 0 Å². The fourth-order valence-corrected chi connectivity index (χ4v) is 2.20. The molecule has 4 heteroatoms. The summed E-state index contributed by atoms with van der Waals surface area (Å²) in [4.78, 5) is 3.11. The highest BCUT2D eigenvalue weighted by Gasteiger charge is 1.97. The molecule has 0 aromatic carbocycles. The molecule has 0 aliphatic heterocycles. The lowest BCUT2D eigenvalue weighted by Gasteiger charge is -2.02. The highest BCUT2D eigenvalue weighted by molar-refractivity contribution is 7.75. The Bertz CT molecular complexity index is 319. The molecule has 1 aromatic heterocycles. The molecular weight excluding hydrogens is 194 g/mol. The number of hydrogen-bond donors (Lipinski definition) is 1. The predicted molar refractivity (Wildman–Crippen MR) is 54.4 cm³/mol. The Morgan fingerprint density at radius 2 is 2.09 bits per heavy atom. The van der Waals surface area contributed by atoms with Gasteiger partial charge in [0, 0.05) is 5.69 Å². The van der Waals surface area contributed by atoms with Crippen molar-refractivity contribution in [1.29, 1.82) is 0 Å². The largest absolute Gasteiger partial charge is 0.341 e. The van der Waals surface area contributed by atoms with Crippen LogP contribution < -0.4 is 0 Å². The van der Waals surface area contributed by atoms with Crippen LogP contribution in [0.15, 0.2) is 6.07 Å². The molecule has 1 heterocycles. The van der Waals surface area contributed by atoms with Gasteiger partial charge in [-0.3, -0.25) is 0 Å². The van der Waals surface area contributed by atoms with E-state index in [9.17, 15) is 0 Å². The maximum Gasteiger partial charge on any atom is 0.159 e. The van der Waals surface area contributed by atoms with Crippen molar-refractivity contribution >= 4 is 35.8 Å². The summed E-state index contributed by atoms with van der Waals surface area (Å²) in [5.41, 5.74) is 1.12. The molecule has 0 unspecified atom stereocenters. The molecule has 11 heavy (non-hydrogen) atoms. The van der Waals surface area contributed by atoms with Crippen LogP contribution in [-0.4, -0.2) is 4.98 Å². The quantitative estimate of drug-likeness (QED) is 0.701. The smallest absolute Gasteiger partial charge is 0.159 e. The number of hydrogen-bond acceptors (Lipinski definition) is 3. The van der Waals surface area contributed by atoms with E-state index in [1.54, 1.807) is 0 Å². The highest BCUT2D eigenvalue weighted by Crippen LogP contribution is 2.13. The average molecular weight is 203 g/mol. The lowest BCUT2D eigenvalue weighted by atomic mass is 10.1. The number of rotatable bonds is 1. The second-order valence-electron chi connectivity index (χ2n) is 2.59. The van der Waals surface area contributed by atoms with Crippen LogP contribution in [0, 0.1) is 7.78 Å². The average Bonchev–Trinajstić information content (AvgIpc) is 1.85. The lowest BCUT2D eigenvalue weighted by molar-refractivity contribution is 0.824. The Hall–Kier alpha value is -0.0600. The first kappa shape index (κ1) is 9.03. The first-order valence-electron chi connectivity index (χ1n) is 3.34. The van der Waals surface area contributed by atoms with E-state index in [1.807, 2.05) is 6.07 Å². The summed E-state index contributed by atoms with van der Waals surface area (Å²) >= 11 is 11.5. The maximum atomic E-state index is 5.04. The number of aromatic amines is 1.